The highest BCUT2D eigenvalue weighted by Crippen LogP contribution is 2.26. The van der Waals surface area contributed by atoms with Crippen molar-refractivity contribution in [3.8, 4) is 5.69 Å². The lowest BCUT2D eigenvalue weighted by molar-refractivity contribution is -0.113. The van der Waals surface area contributed by atoms with Crippen molar-refractivity contribution in [3.05, 3.63) is 76.6 Å². The van der Waals surface area contributed by atoms with Gasteiger partial charge in [0.15, 0.2) is 16.1 Å². The molecule has 0 spiro atoms. The zero-order chi connectivity index (χ0) is 29.7. The Morgan fingerprint density at radius 1 is 1.02 bits per heavy atom. The first kappa shape index (κ1) is 29.9. The van der Waals surface area contributed by atoms with Crippen molar-refractivity contribution in [1.82, 2.24) is 29.4 Å². The normalized spacial score (nSPS) is 14.0. The molecule has 2 amide bonds. The second-order valence-electron chi connectivity index (χ2n) is 9.80. The quantitative estimate of drug-likeness (QED) is 0.250. The molecule has 3 heterocycles. The van der Waals surface area contributed by atoms with Gasteiger partial charge in [0, 0.05) is 30.2 Å². The topological polar surface area (TPSA) is 139 Å². The highest BCUT2D eigenvalue weighted by Gasteiger charge is 2.26. The van der Waals surface area contributed by atoms with Crippen molar-refractivity contribution in [2.45, 2.75) is 49.7 Å². The number of amides is 2. The molecule has 220 valence electrons. The number of aromatic nitrogens is 4. The number of piperidine rings is 1. The van der Waals surface area contributed by atoms with E-state index in [1.165, 1.54) is 51.7 Å². The molecule has 0 atom stereocenters. The van der Waals surface area contributed by atoms with Gasteiger partial charge in [0.1, 0.15) is 0 Å². The number of aryl methyl sites for hydroxylation is 1. The molecule has 1 aliphatic heterocycles. The van der Waals surface area contributed by atoms with Crippen molar-refractivity contribution in [3.63, 3.8) is 0 Å². The molecule has 4 aromatic rings. The van der Waals surface area contributed by atoms with E-state index in [1.54, 1.807) is 11.6 Å². The van der Waals surface area contributed by atoms with Gasteiger partial charge in [0.25, 0.3) is 5.91 Å². The Hall–Kier alpha value is -3.59. The van der Waals surface area contributed by atoms with Gasteiger partial charge in [-0.05, 0) is 68.1 Å². The molecule has 11 nitrogen and oxygen atoms in total. The lowest BCUT2D eigenvalue weighted by Crippen LogP contribution is -2.35. The van der Waals surface area contributed by atoms with Gasteiger partial charge in [0.05, 0.1) is 22.9 Å². The number of sulfonamides is 1. The molecule has 5 rings (SSSR count). The van der Waals surface area contributed by atoms with Crippen molar-refractivity contribution in [1.29, 1.82) is 0 Å². The molecule has 2 N–H and O–H groups in total. The number of nitrogens with one attached hydrogen (secondary N) is 2. The van der Waals surface area contributed by atoms with Crippen LogP contribution in [0.4, 0.5) is 5.13 Å². The van der Waals surface area contributed by atoms with Crippen molar-refractivity contribution in [2.24, 2.45) is 0 Å². The lowest BCUT2D eigenvalue weighted by Gasteiger charge is -2.25. The van der Waals surface area contributed by atoms with Crippen LogP contribution in [0.3, 0.4) is 0 Å². The minimum Gasteiger partial charge on any atom is -0.345 e. The highest BCUT2D eigenvalue weighted by molar-refractivity contribution is 7.99. The minimum absolute atomic E-state index is 0.0684. The zero-order valence-corrected chi connectivity index (χ0v) is 25.7. The Kier molecular flexibility index (Phi) is 9.36. The van der Waals surface area contributed by atoms with Gasteiger partial charge in [-0.2, -0.15) is 4.31 Å². The van der Waals surface area contributed by atoms with Crippen LogP contribution in [0.25, 0.3) is 5.69 Å². The van der Waals surface area contributed by atoms with Crippen molar-refractivity contribution < 1.29 is 18.0 Å². The second kappa shape index (κ2) is 13.2. The Bertz CT molecular complexity index is 1660. The molecule has 1 aliphatic rings. The summed E-state index contributed by atoms with van der Waals surface area (Å²) in [6, 6.07) is 11.9. The SMILES string of the molecule is Cc1cccc(-n2c(CNC(=O)c3ccc(S(=O)(=O)N4CCCCC4)cc3)nnc2SCC(=O)Nc2nccs2)c1C. The smallest absolute Gasteiger partial charge is 0.251 e. The zero-order valence-electron chi connectivity index (χ0n) is 23.2. The average Bonchev–Trinajstić information content (AvgIpc) is 3.66. The van der Waals surface area contributed by atoms with Crippen LogP contribution in [-0.4, -0.2) is 63.1 Å². The van der Waals surface area contributed by atoms with E-state index in [0.29, 0.717) is 34.8 Å². The molecule has 0 unspecified atom stereocenters. The van der Waals surface area contributed by atoms with Crippen molar-refractivity contribution in [2.75, 3.05) is 24.2 Å². The Balaban J connectivity index is 1.31. The maximum absolute atomic E-state index is 13.0. The number of carbonyl (C=O) groups is 2. The third kappa shape index (κ3) is 6.72. The van der Waals surface area contributed by atoms with Gasteiger partial charge in [0.2, 0.25) is 15.9 Å². The van der Waals surface area contributed by atoms with Crippen molar-refractivity contribution >= 4 is 50.1 Å². The van der Waals surface area contributed by atoms with E-state index in [0.717, 1.165) is 36.1 Å². The van der Waals surface area contributed by atoms with E-state index >= 15 is 0 Å². The summed E-state index contributed by atoms with van der Waals surface area (Å²) in [6.07, 6.45) is 4.36. The van der Waals surface area contributed by atoms with Crippen LogP contribution in [0, 0.1) is 13.8 Å². The summed E-state index contributed by atoms with van der Waals surface area (Å²) in [5.41, 5.74) is 3.27. The van der Waals surface area contributed by atoms with E-state index in [1.807, 2.05) is 36.6 Å². The molecule has 2 aromatic carbocycles. The standard InChI is InChI=1S/C28H31N7O4S3/c1-19-7-6-8-23(20(19)2)35-24(32-33-28(35)41-18-25(36)31-27-29-13-16-40-27)17-30-26(37)21-9-11-22(12-10-21)42(38,39)34-14-4-3-5-15-34/h6-13,16H,3-5,14-15,17-18H2,1-2H3,(H,30,37)(H,29,31,36). The van der Waals surface area contributed by atoms with Crippen LogP contribution in [-0.2, 0) is 21.4 Å². The number of thiazole rings is 1. The molecule has 2 aromatic heterocycles. The molecular formula is C28H31N7O4S3. The van der Waals surface area contributed by atoms with Crippen LogP contribution in [0.5, 0.6) is 0 Å². The molecule has 0 aliphatic carbocycles. The monoisotopic (exact) mass is 625 g/mol. The van der Waals surface area contributed by atoms with Crippen LogP contribution in [0.1, 0.15) is 46.6 Å². The molecule has 1 saturated heterocycles. The summed E-state index contributed by atoms with van der Waals surface area (Å²) in [4.78, 5) is 29.8. The van der Waals surface area contributed by atoms with E-state index in [2.05, 4.69) is 25.8 Å². The Morgan fingerprint density at radius 2 is 1.79 bits per heavy atom. The Morgan fingerprint density at radius 3 is 2.50 bits per heavy atom. The summed E-state index contributed by atoms with van der Waals surface area (Å²) in [7, 11) is -3.58. The molecule has 0 saturated carbocycles. The number of rotatable bonds is 10. The number of carbonyl (C=O) groups excluding carboxylic acids is 2. The fourth-order valence-corrected chi connectivity index (χ4v) is 7.42. The third-order valence-electron chi connectivity index (χ3n) is 7.00. The fourth-order valence-electron chi connectivity index (χ4n) is 4.59. The Labute approximate surface area is 252 Å². The summed E-state index contributed by atoms with van der Waals surface area (Å²) in [5, 5.41) is 17.1. The maximum Gasteiger partial charge on any atom is 0.251 e. The number of nitrogens with zero attached hydrogens (tertiary/aromatic N) is 5. The number of benzene rings is 2. The number of hydrogen-bond donors (Lipinski definition) is 2. The molecule has 0 radical (unpaired) electrons. The van der Waals surface area contributed by atoms with E-state index in [9.17, 15) is 18.0 Å². The molecule has 1 fully saturated rings. The van der Waals surface area contributed by atoms with Gasteiger partial charge in [-0.3, -0.25) is 14.2 Å². The lowest BCUT2D eigenvalue weighted by atomic mass is 10.1. The van der Waals surface area contributed by atoms with E-state index in [4.69, 9.17) is 0 Å². The van der Waals surface area contributed by atoms with Gasteiger partial charge in [-0.25, -0.2) is 13.4 Å². The summed E-state index contributed by atoms with van der Waals surface area (Å²) in [6.45, 7) is 5.11. The van der Waals surface area contributed by atoms with Crippen LogP contribution in [0.2, 0.25) is 0 Å². The van der Waals surface area contributed by atoms with Gasteiger partial charge < -0.3 is 10.6 Å². The predicted octanol–water partition coefficient (Wildman–Crippen LogP) is 4.18. The predicted molar refractivity (Wildman–Crippen MR) is 163 cm³/mol. The molecule has 14 heteroatoms. The maximum atomic E-state index is 13.0. The molecule has 42 heavy (non-hydrogen) atoms. The summed E-state index contributed by atoms with van der Waals surface area (Å²) < 4.78 is 29.3. The first-order valence-electron chi connectivity index (χ1n) is 13.5. The van der Waals surface area contributed by atoms with Gasteiger partial charge in [-0.1, -0.05) is 30.3 Å². The number of thioether (sulfide) groups is 1. The van der Waals surface area contributed by atoms with E-state index < -0.39 is 10.0 Å². The molecular weight excluding hydrogens is 595 g/mol. The number of hydrogen-bond acceptors (Lipinski definition) is 9. The van der Waals surface area contributed by atoms with E-state index in [-0.39, 0.29) is 29.0 Å². The first-order valence-corrected chi connectivity index (χ1v) is 16.8. The molecule has 0 bridgehead atoms. The fraction of sp³-hybridized carbons (Fsp3) is 0.321. The van der Waals surface area contributed by atoms with Crippen LogP contribution < -0.4 is 10.6 Å². The minimum atomic E-state index is -3.58. The average molecular weight is 626 g/mol. The third-order valence-corrected chi connectivity index (χ3v) is 10.5. The second-order valence-corrected chi connectivity index (χ2v) is 13.6. The summed E-state index contributed by atoms with van der Waals surface area (Å²) >= 11 is 2.57. The summed E-state index contributed by atoms with van der Waals surface area (Å²) in [5.74, 6) is 0.00134. The van der Waals surface area contributed by atoms with Gasteiger partial charge in [-0.15, -0.1) is 21.5 Å². The van der Waals surface area contributed by atoms with Crippen LogP contribution >= 0.6 is 23.1 Å². The van der Waals surface area contributed by atoms with Gasteiger partial charge >= 0.3 is 0 Å². The number of anilines is 1. The largest absolute Gasteiger partial charge is 0.345 e. The highest BCUT2D eigenvalue weighted by atomic mass is 32.2. The first-order chi connectivity index (χ1) is 20.2. The van der Waals surface area contributed by atoms with Crippen LogP contribution in [0.15, 0.2) is 64.1 Å².